The van der Waals surface area contributed by atoms with Gasteiger partial charge in [-0.1, -0.05) is 32.2 Å². The third-order valence-electron chi connectivity index (χ3n) is 2.81. The van der Waals surface area contributed by atoms with E-state index in [-0.39, 0.29) is 17.9 Å². The molecule has 0 aliphatic rings. The summed E-state index contributed by atoms with van der Waals surface area (Å²) in [7, 11) is 0. The van der Waals surface area contributed by atoms with E-state index < -0.39 is 11.9 Å². The zero-order chi connectivity index (χ0) is 15.3. The molecular weight excluding hydrogens is 278 g/mol. The van der Waals surface area contributed by atoms with Gasteiger partial charge in [-0.3, -0.25) is 9.59 Å². The lowest BCUT2D eigenvalue weighted by Gasteiger charge is -2.23. The first kappa shape index (κ1) is 16.6. The molecule has 1 heterocycles. The Morgan fingerprint density at radius 3 is 2.55 bits per heavy atom. The van der Waals surface area contributed by atoms with Gasteiger partial charge in [0, 0.05) is 6.54 Å². The first-order valence-corrected chi connectivity index (χ1v) is 7.34. The number of carbonyl (C=O) groups excluding carboxylic acids is 1. The van der Waals surface area contributed by atoms with Crippen LogP contribution < -0.4 is 5.32 Å². The number of hydrogen-bond donors (Lipinski definition) is 2. The van der Waals surface area contributed by atoms with Gasteiger partial charge in [0.25, 0.3) is 5.91 Å². The second-order valence-corrected chi connectivity index (χ2v) is 6.67. The molecule has 7 heteroatoms. The van der Waals surface area contributed by atoms with Gasteiger partial charge in [0.15, 0.2) is 0 Å². The highest BCUT2D eigenvalue weighted by molar-refractivity contribution is 7.08. The number of hydrogen-bond acceptors (Lipinski definition) is 5. The second-order valence-electron chi connectivity index (χ2n) is 5.91. The third-order valence-corrected chi connectivity index (χ3v) is 3.58. The minimum atomic E-state index is -0.890. The Hall–Kier alpha value is -1.50. The van der Waals surface area contributed by atoms with E-state index in [1.165, 1.54) is 0 Å². The number of carbonyl (C=O) groups is 2. The van der Waals surface area contributed by atoms with Crippen molar-refractivity contribution in [2.75, 3.05) is 6.54 Å². The molecule has 1 unspecified atom stereocenters. The van der Waals surface area contributed by atoms with E-state index in [0.717, 1.165) is 11.5 Å². The molecule has 0 saturated carbocycles. The lowest BCUT2D eigenvalue weighted by molar-refractivity contribution is -0.142. The van der Waals surface area contributed by atoms with E-state index >= 15 is 0 Å². The lowest BCUT2D eigenvalue weighted by atomic mass is 9.84. The van der Waals surface area contributed by atoms with Crippen molar-refractivity contribution in [2.45, 2.75) is 40.5 Å². The normalized spacial score (nSPS) is 13.0. The molecule has 0 aromatic carbocycles. The number of nitrogens with zero attached hydrogens (tertiary/aromatic N) is 2. The predicted molar refractivity (Wildman–Crippen MR) is 76.8 cm³/mol. The van der Waals surface area contributed by atoms with Crippen molar-refractivity contribution in [1.82, 2.24) is 14.9 Å². The number of amides is 1. The van der Waals surface area contributed by atoms with Crippen LogP contribution in [0.5, 0.6) is 0 Å². The van der Waals surface area contributed by atoms with Crippen molar-refractivity contribution >= 4 is 23.4 Å². The smallest absolute Gasteiger partial charge is 0.308 e. The molecule has 1 amide bonds. The Labute approximate surface area is 122 Å². The molecule has 0 bridgehead atoms. The summed E-state index contributed by atoms with van der Waals surface area (Å²) in [6.45, 7) is 7.95. The van der Waals surface area contributed by atoms with Crippen LogP contribution in [0.15, 0.2) is 0 Å². The standard InChI is InChI=1S/C13H21N3O3S/c1-5-9-10(20-16-15-9)11(17)14-7-8(12(18)19)6-13(2,3)4/h8H,5-7H2,1-4H3,(H,14,17)(H,18,19). The quantitative estimate of drug-likeness (QED) is 0.837. The van der Waals surface area contributed by atoms with Crippen molar-refractivity contribution in [2.24, 2.45) is 11.3 Å². The molecule has 6 nitrogen and oxygen atoms in total. The van der Waals surface area contributed by atoms with Crippen LogP contribution in [-0.2, 0) is 11.2 Å². The fourth-order valence-electron chi connectivity index (χ4n) is 1.89. The van der Waals surface area contributed by atoms with Gasteiger partial charge in [-0.25, -0.2) is 0 Å². The van der Waals surface area contributed by atoms with Crippen LogP contribution in [0.3, 0.4) is 0 Å². The highest BCUT2D eigenvalue weighted by Crippen LogP contribution is 2.24. The van der Waals surface area contributed by atoms with Crippen LogP contribution >= 0.6 is 11.5 Å². The highest BCUT2D eigenvalue weighted by atomic mass is 32.1. The van der Waals surface area contributed by atoms with E-state index in [1.807, 2.05) is 27.7 Å². The van der Waals surface area contributed by atoms with E-state index in [0.29, 0.717) is 23.4 Å². The molecule has 0 fully saturated rings. The van der Waals surface area contributed by atoms with Crippen molar-refractivity contribution < 1.29 is 14.7 Å². The second kappa shape index (κ2) is 6.78. The number of rotatable bonds is 6. The van der Waals surface area contributed by atoms with Crippen LogP contribution in [0, 0.1) is 11.3 Å². The number of aliphatic carboxylic acids is 1. The zero-order valence-corrected chi connectivity index (χ0v) is 13.1. The maximum atomic E-state index is 12.0. The minimum Gasteiger partial charge on any atom is -0.481 e. The van der Waals surface area contributed by atoms with Gasteiger partial charge in [0.1, 0.15) is 4.88 Å². The molecular formula is C13H21N3O3S. The van der Waals surface area contributed by atoms with Gasteiger partial charge >= 0.3 is 5.97 Å². The summed E-state index contributed by atoms with van der Waals surface area (Å²) in [5.41, 5.74) is 0.546. The maximum absolute atomic E-state index is 12.0. The average Bonchev–Trinajstić information content (AvgIpc) is 2.80. The summed E-state index contributed by atoms with van der Waals surface area (Å²) >= 11 is 1.03. The fraction of sp³-hybridized carbons (Fsp3) is 0.692. The van der Waals surface area contributed by atoms with Crippen molar-refractivity contribution in [1.29, 1.82) is 0 Å². The summed E-state index contributed by atoms with van der Waals surface area (Å²) in [6.07, 6.45) is 1.13. The van der Waals surface area contributed by atoms with E-state index in [4.69, 9.17) is 0 Å². The van der Waals surface area contributed by atoms with Crippen LogP contribution in [0.4, 0.5) is 0 Å². The van der Waals surface area contributed by atoms with Gasteiger partial charge < -0.3 is 10.4 Å². The van der Waals surface area contributed by atoms with Gasteiger partial charge in [-0.15, -0.1) is 5.10 Å². The number of aryl methyl sites for hydroxylation is 1. The molecule has 0 aliphatic heterocycles. The summed E-state index contributed by atoms with van der Waals surface area (Å²) in [6, 6.07) is 0. The minimum absolute atomic E-state index is 0.103. The summed E-state index contributed by atoms with van der Waals surface area (Å²) < 4.78 is 3.75. The van der Waals surface area contributed by atoms with Crippen LogP contribution in [0.1, 0.15) is 49.5 Å². The largest absolute Gasteiger partial charge is 0.481 e. The molecule has 1 rings (SSSR count). The highest BCUT2D eigenvalue weighted by Gasteiger charge is 2.25. The van der Waals surface area contributed by atoms with Crippen molar-refractivity contribution in [3.8, 4) is 0 Å². The topological polar surface area (TPSA) is 92.2 Å². The monoisotopic (exact) mass is 299 g/mol. The number of carboxylic acid groups (broad SMARTS) is 1. The van der Waals surface area contributed by atoms with E-state index in [1.54, 1.807) is 0 Å². The Kier molecular flexibility index (Phi) is 5.62. The molecule has 1 aromatic heterocycles. The maximum Gasteiger partial charge on any atom is 0.308 e. The first-order chi connectivity index (χ1) is 9.24. The van der Waals surface area contributed by atoms with E-state index in [2.05, 4.69) is 14.9 Å². The molecule has 1 atom stereocenters. The summed E-state index contributed by atoms with van der Waals surface area (Å²) in [4.78, 5) is 23.7. The number of carboxylic acids is 1. The number of nitrogens with one attached hydrogen (secondary N) is 1. The SMILES string of the molecule is CCc1nnsc1C(=O)NCC(CC(C)(C)C)C(=O)O. The molecule has 20 heavy (non-hydrogen) atoms. The number of aromatic nitrogens is 2. The van der Waals surface area contributed by atoms with E-state index in [9.17, 15) is 14.7 Å². The first-order valence-electron chi connectivity index (χ1n) is 6.57. The van der Waals surface area contributed by atoms with Crippen LogP contribution in [-0.4, -0.2) is 33.1 Å². The summed E-state index contributed by atoms with van der Waals surface area (Å²) in [5, 5.41) is 15.8. The van der Waals surface area contributed by atoms with Gasteiger partial charge in [0.2, 0.25) is 0 Å². The molecule has 0 aliphatic carbocycles. The van der Waals surface area contributed by atoms with Gasteiger partial charge in [-0.2, -0.15) is 0 Å². The Morgan fingerprint density at radius 2 is 2.05 bits per heavy atom. The molecule has 112 valence electrons. The average molecular weight is 299 g/mol. The van der Waals surface area contributed by atoms with Gasteiger partial charge in [-0.05, 0) is 29.8 Å². The molecule has 0 saturated heterocycles. The van der Waals surface area contributed by atoms with Crippen LogP contribution in [0.25, 0.3) is 0 Å². The third kappa shape index (κ3) is 4.88. The zero-order valence-electron chi connectivity index (χ0n) is 12.3. The van der Waals surface area contributed by atoms with Crippen molar-refractivity contribution in [3.63, 3.8) is 0 Å². The Morgan fingerprint density at radius 1 is 1.40 bits per heavy atom. The Balaban J connectivity index is 2.64. The summed E-state index contributed by atoms with van der Waals surface area (Å²) in [5.74, 6) is -1.78. The molecule has 0 spiro atoms. The van der Waals surface area contributed by atoms with Crippen LogP contribution in [0.2, 0.25) is 0 Å². The molecule has 0 radical (unpaired) electrons. The lowest BCUT2D eigenvalue weighted by Crippen LogP contribution is -2.35. The van der Waals surface area contributed by atoms with Crippen molar-refractivity contribution in [3.05, 3.63) is 10.6 Å². The van der Waals surface area contributed by atoms with Gasteiger partial charge in [0.05, 0.1) is 11.6 Å². The Bertz CT molecular complexity index is 479. The molecule has 1 aromatic rings. The molecule has 2 N–H and O–H groups in total. The predicted octanol–water partition coefficient (Wildman–Crippen LogP) is 1.97. The fourth-order valence-corrected chi connectivity index (χ4v) is 2.56.